The number of rotatable bonds is 8. The van der Waals surface area contributed by atoms with Crippen molar-refractivity contribution < 1.29 is 9.53 Å². The van der Waals surface area contributed by atoms with Crippen molar-refractivity contribution in [3.63, 3.8) is 0 Å². The predicted molar refractivity (Wildman–Crippen MR) is 122 cm³/mol. The van der Waals surface area contributed by atoms with Crippen LogP contribution in [0.3, 0.4) is 0 Å². The largest absolute Gasteiger partial charge is 0.471 e. The number of carbonyl (C=O) groups excluding carboxylic acids is 1. The highest BCUT2D eigenvalue weighted by atomic mass is 79.9. The maximum absolute atomic E-state index is 12.4. The van der Waals surface area contributed by atoms with Crippen molar-refractivity contribution in [1.82, 2.24) is 24.9 Å². The molecule has 0 bridgehead atoms. The minimum atomic E-state index is -0.260. The van der Waals surface area contributed by atoms with Crippen molar-refractivity contribution in [2.24, 2.45) is 0 Å². The lowest BCUT2D eigenvalue weighted by molar-refractivity contribution is 0.0943. The topological polar surface area (TPSA) is 74.0 Å². The van der Waals surface area contributed by atoms with Gasteiger partial charge in [-0.25, -0.2) is 4.68 Å². The molecule has 8 heteroatoms. The van der Waals surface area contributed by atoms with E-state index in [1.165, 1.54) is 0 Å². The van der Waals surface area contributed by atoms with Crippen molar-refractivity contribution in [3.05, 3.63) is 88.9 Å². The van der Waals surface area contributed by atoms with Gasteiger partial charge in [0.15, 0.2) is 6.73 Å². The molecule has 0 atom stereocenters. The smallest absolute Gasteiger partial charge is 0.272 e. The van der Waals surface area contributed by atoms with Gasteiger partial charge in [-0.1, -0.05) is 42.5 Å². The SMILES string of the molecule is CCn1cc(Br)c(CNC(=O)c2ccn(COc3ccc(-c4ccccc4)cc3)n2)n1. The number of nitrogens with zero attached hydrogens (tertiary/aromatic N) is 4. The van der Waals surface area contributed by atoms with E-state index in [-0.39, 0.29) is 12.6 Å². The molecule has 0 aliphatic rings. The van der Waals surface area contributed by atoms with Gasteiger partial charge in [-0.2, -0.15) is 10.2 Å². The Hall–Kier alpha value is -3.39. The summed E-state index contributed by atoms with van der Waals surface area (Å²) in [5.41, 5.74) is 3.39. The summed E-state index contributed by atoms with van der Waals surface area (Å²) >= 11 is 3.46. The molecule has 0 aliphatic heterocycles. The molecule has 2 aromatic carbocycles. The zero-order chi connectivity index (χ0) is 21.6. The van der Waals surface area contributed by atoms with Crippen molar-refractivity contribution in [1.29, 1.82) is 0 Å². The lowest BCUT2D eigenvalue weighted by Gasteiger charge is -2.07. The standard InChI is InChI=1S/C23H22BrN5O2/c1-2-28-15-20(24)22(27-28)14-25-23(30)21-12-13-29(26-21)16-31-19-10-8-18(9-11-19)17-6-4-3-5-7-17/h3-13,15H,2,14,16H2,1H3,(H,25,30). The number of hydrogen-bond donors (Lipinski definition) is 1. The second kappa shape index (κ2) is 9.61. The third-order valence-corrected chi connectivity index (χ3v) is 5.39. The van der Waals surface area contributed by atoms with Crippen LogP contribution in [0, 0.1) is 0 Å². The van der Waals surface area contributed by atoms with Gasteiger partial charge in [-0.15, -0.1) is 0 Å². The number of aryl methyl sites for hydroxylation is 1. The van der Waals surface area contributed by atoms with Gasteiger partial charge >= 0.3 is 0 Å². The first-order valence-corrected chi connectivity index (χ1v) is 10.7. The fourth-order valence-corrected chi connectivity index (χ4v) is 3.50. The van der Waals surface area contributed by atoms with Gasteiger partial charge in [0.2, 0.25) is 0 Å². The molecular weight excluding hydrogens is 458 g/mol. The first-order chi connectivity index (χ1) is 15.1. The molecule has 0 saturated carbocycles. The monoisotopic (exact) mass is 479 g/mol. The van der Waals surface area contributed by atoms with E-state index in [2.05, 4.69) is 43.6 Å². The highest BCUT2D eigenvalue weighted by Crippen LogP contribution is 2.22. The Balaban J connectivity index is 1.30. The number of carbonyl (C=O) groups is 1. The molecule has 1 N–H and O–H groups in total. The number of halogens is 1. The fourth-order valence-electron chi connectivity index (χ4n) is 3.04. The van der Waals surface area contributed by atoms with E-state index in [4.69, 9.17) is 4.74 Å². The molecule has 0 radical (unpaired) electrons. The van der Waals surface area contributed by atoms with E-state index >= 15 is 0 Å². The summed E-state index contributed by atoms with van der Waals surface area (Å²) in [4.78, 5) is 12.4. The van der Waals surface area contributed by atoms with Gasteiger partial charge in [0.25, 0.3) is 5.91 Å². The van der Waals surface area contributed by atoms with Crippen LogP contribution in [0.1, 0.15) is 23.1 Å². The molecule has 0 fully saturated rings. The Kier molecular flexibility index (Phi) is 6.47. The number of benzene rings is 2. The molecule has 7 nitrogen and oxygen atoms in total. The lowest BCUT2D eigenvalue weighted by atomic mass is 10.1. The van der Waals surface area contributed by atoms with Gasteiger partial charge in [-0.3, -0.25) is 9.48 Å². The molecule has 4 rings (SSSR count). The quantitative estimate of drug-likeness (QED) is 0.403. The third kappa shape index (κ3) is 5.21. The van der Waals surface area contributed by atoms with Crippen LogP contribution in [0.25, 0.3) is 11.1 Å². The first kappa shape index (κ1) is 20.9. The number of aromatic nitrogens is 4. The average Bonchev–Trinajstić information content (AvgIpc) is 3.43. The molecule has 0 aliphatic carbocycles. The van der Waals surface area contributed by atoms with Crippen LogP contribution in [-0.4, -0.2) is 25.5 Å². The second-order valence-electron chi connectivity index (χ2n) is 6.87. The van der Waals surface area contributed by atoms with E-state index < -0.39 is 0 Å². The molecule has 31 heavy (non-hydrogen) atoms. The van der Waals surface area contributed by atoms with Crippen molar-refractivity contribution in [3.8, 4) is 16.9 Å². The molecule has 2 aromatic heterocycles. The molecule has 2 heterocycles. The number of amides is 1. The normalized spacial score (nSPS) is 10.8. The van der Waals surface area contributed by atoms with Crippen molar-refractivity contribution in [2.75, 3.05) is 0 Å². The number of hydrogen-bond acceptors (Lipinski definition) is 4. The van der Waals surface area contributed by atoms with Crippen molar-refractivity contribution >= 4 is 21.8 Å². The van der Waals surface area contributed by atoms with E-state index in [0.717, 1.165) is 33.6 Å². The van der Waals surface area contributed by atoms with Crippen LogP contribution in [0.5, 0.6) is 5.75 Å². The zero-order valence-electron chi connectivity index (χ0n) is 17.0. The summed E-state index contributed by atoms with van der Waals surface area (Å²) in [5.74, 6) is 0.474. The second-order valence-corrected chi connectivity index (χ2v) is 7.72. The molecular formula is C23H22BrN5O2. The van der Waals surface area contributed by atoms with Gasteiger partial charge in [-0.05, 0) is 52.2 Å². The van der Waals surface area contributed by atoms with Gasteiger partial charge in [0, 0.05) is 18.9 Å². The van der Waals surface area contributed by atoms with Gasteiger partial charge in [0.1, 0.15) is 11.4 Å². The summed E-state index contributed by atoms with van der Waals surface area (Å²) in [6, 6.07) is 19.7. The van der Waals surface area contributed by atoms with E-state index in [1.54, 1.807) is 16.9 Å². The maximum atomic E-state index is 12.4. The fraction of sp³-hybridized carbons (Fsp3) is 0.174. The Morgan fingerprint density at radius 1 is 1.00 bits per heavy atom. The van der Waals surface area contributed by atoms with Crippen LogP contribution < -0.4 is 10.1 Å². The Bertz CT molecular complexity index is 1150. The van der Waals surface area contributed by atoms with Crippen LogP contribution in [0.15, 0.2) is 77.5 Å². The van der Waals surface area contributed by atoms with E-state index in [1.807, 2.05) is 60.3 Å². The molecule has 158 valence electrons. The van der Waals surface area contributed by atoms with E-state index in [0.29, 0.717) is 12.2 Å². The predicted octanol–water partition coefficient (Wildman–Crippen LogP) is 4.50. The highest BCUT2D eigenvalue weighted by Gasteiger charge is 2.12. The maximum Gasteiger partial charge on any atom is 0.272 e. The average molecular weight is 480 g/mol. The zero-order valence-corrected chi connectivity index (χ0v) is 18.6. The van der Waals surface area contributed by atoms with Crippen LogP contribution in [-0.2, 0) is 19.8 Å². The number of ether oxygens (including phenoxy) is 1. The molecule has 0 saturated heterocycles. The Morgan fingerprint density at radius 2 is 1.74 bits per heavy atom. The van der Waals surface area contributed by atoms with Gasteiger partial charge < -0.3 is 10.1 Å². The molecule has 0 unspecified atom stereocenters. The molecule has 4 aromatic rings. The minimum absolute atomic E-state index is 0.213. The minimum Gasteiger partial charge on any atom is -0.471 e. The van der Waals surface area contributed by atoms with Crippen LogP contribution in [0.2, 0.25) is 0 Å². The summed E-state index contributed by atoms with van der Waals surface area (Å²) in [6.45, 7) is 3.31. The summed E-state index contributed by atoms with van der Waals surface area (Å²) in [6.07, 6.45) is 3.61. The van der Waals surface area contributed by atoms with Crippen molar-refractivity contribution in [2.45, 2.75) is 26.7 Å². The molecule has 1 amide bonds. The van der Waals surface area contributed by atoms with Crippen LogP contribution >= 0.6 is 15.9 Å². The third-order valence-electron chi connectivity index (χ3n) is 4.73. The van der Waals surface area contributed by atoms with Crippen LogP contribution in [0.4, 0.5) is 0 Å². The number of nitrogens with one attached hydrogen (secondary N) is 1. The Labute approximate surface area is 188 Å². The van der Waals surface area contributed by atoms with E-state index in [9.17, 15) is 4.79 Å². The summed E-state index contributed by atoms with van der Waals surface area (Å²) < 4.78 is 10.0. The Morgan fingerprint density at radius 3 is 2.45 bits per heavy atom. The highest BCUT2D eigenvalue weighted by molar-refractivity contribution is 9.10. The molecule has 0 spiro atoms. The van der Waals surface area contributed by atoms with Gasteiger partial charge in [0.05, 0.1) is 16.7 Å². The summed E-state index contributed by atoms with van der Waals surface area (Å²) in [7, 11) is 0. The summed E-state index contributed by atoms with van der Waals surface area (Å²) in [5, 5.41) is 11.5. The first-order valence-electron chi connectivity index (χ1n) is 9.94. The lowest BCUT2D eigenvalue weighted by Crippen LogP contribution is -2.24.